The zero-order chi connectivity index (χ0) is 10.1. The molecular formula is C9H12F2N2. The van der Waals surface area contributed by atoms with Crippen LogP contribution in [-0.2, 0) is 5.92 Å². The highest BCUT2D eigenvalue weighted by atomic mass is 19.3. The maximum atomic E-state index is 13.0. The molecule has 0 saturated heterocycles. The Morgan fingerprint density at radius 2 is 2.00 bits per heavy atom. The van der Waals surface area contributed by atoms with Crippen molar-refractivity contribution in [2.75, 3.05) is 0 Å². The molecule has 0 spiro atoms. The number of aromatic nitrogens is 2. The van der Waals surface area contributed by atoms with Gasteiger partial charge in [0.05, 0.1) is 0 Å². The van der Waals surface area contributed by atoms with Crippen LogP contribution in [0, 0.1) is 0 Å². The third-order valence-corrected chi connectivity index (χ3v) is 1.78. The van der Waals surface area contributed by atoms with Crippen LogP contribution in [0.3, 0.4) is 0 Å². The Bertz CT molecular complexity index is 292. The van der Waals surface area contributed by atoms with Gasteiger partial charge in [-0.05, 0) is 5.92 Å². The zero-order valence-electron chi connectivity index (χ0n) is 7.88. The van der Waals surface area contributed by atoms with Crippen LogP contribution in [0.1, 0.15) is 37.9 Å². The molecule has 0 atom stereocenters. The Morgan fingerprint density at radius 3 is 2.38 bits per heavy atom. The lowest BCUT2D eigenvalue weighted by atomic mass is 10.0. The fourth-order valence-corrected chi connectivity index (χ4v) is 1.13. The molecule has 4 heteroatoms. The minimum atomic E-state index is -2.89. The van der Waals surface area contributed by atoms with E-state index in [1.165, 1.54) is 6.20 Å². The molecule has 0 fully saturated rings. The predicted molar refractivity (Wildman–Crippen MR) is 45.7 cm³/mol. The molecule has 0 N–H and O–H groups in total. The lowest BCUT2D eigenvalue weighted by Gasteiger charge is -2.15. The summed E-state index contributed by atoms with van der Waals surface area (Å²) in [5.41, 5.74) is 0.340. The summed E-state index contributed by atoms with van der Waals surface area (Å²) in [7, 11) is 0. The molecule has 1 heterocycles. The van der Waals surface area contributed by atoms with Gasteiger partial charge in [0.25, 0.3) is 5.92 Å². The summed E-state index contributed by atoms with van der Waals surface area (Å²) in [5, 5.41) is 0. The number of alkyl halides is 2. The van der Waals surface area contributed by atoms with Gasteiger partial charge in [-0.3, -0.25) is 0 Å². The molecule has 1 aromatic heterocycles. The average Bonchev–Trinajstić information content (AvgIpc) is 2.03. The van der Waals surface area contributed by atoms with Crippen LogP contribution in [0.25, 0.3) is 0 Å². The normalized spacial score (nSPS) is 12.2. The predicted octanol–water partition coefficient (Wildman–Crippen LogP) is 2.71. The van der Waals surface area contributed by atoms with Gasteiger partial charge >= 0.3 is 0 Å². The summed E-state index contributed by atoms with van der Waals surface area (Å²) in [5.74, 6) is -2.87. The molecule has 0 bridgehead atoms. The minimum absolute atomic E-state index is 0.0158. The fourth-order valence-electron chi connectivity index (χ4n) is 1.13. The van der Waals surface area contributed by atoms with Gasteiger partial charge in [0.2, 0.25) is 0 Å². The average molecular weight is 186 g/mol. The number of nitrogens with zero attached hydrogens (tertiary/aromatic N) is 2. The number of hydrogen-bond donors (Lipinski definition) is 0. The third kappa shape index (κ3) is 2.20. The van der Waals surface area contributed by atoms with Crippen LogP contribution in [0.2, 0.25) is 0 Å². The quantitative estimate of drug-likeness (QED) is 0.709. The van der Waals surface area contributed by atoms with Crippen LogP contribution in [0.15, 0.2) is 12.5 Å². The first-order valence-corrected chi connectivity index (χ1v) is 4.11. The first-order chi connectivity index (χ1) is 5.93. The second-order valence-electron chi connectivity index (χ2n) is 3.37. The zero-order valence-corrected chi connectivity index (χ0v) is 7.88. The second kappa shape index (κ2) is 3.36. The Hall–Kier alpha value is -1.06. The second-order valence-corrected chi connectivity index (χ2v) is 3.37. The summed E-state index contributed by atoms with van der Waals surface area (Å²) in [6.45, 7) is 4.53. The van der Waals surface area contributed by atoms with E-state index in [9.17, 15) is 8.78 Å². The van der Waals surface area contributed by atoms with Gasteiger partial charge in [-0.25, -0.2) is 9.97 Å². The maximum absolute atomic E-state index is 13.0. The molecular weight excluding hydrogens is 174 g/mol. The summed E-state index contributed by atoms with van der Waals surface area (Å²) in [6.07, 6.45) is 2.60. The van der Waals surface area contributed by atoms with Gasteiger partial charge < -0.3 is 0 Å². The lowest BCUT2D eigenvalue weighted by Crippen LogP contribution is -2.14. The molecule has 1 aromatic rings. The van der Waals surface area contributed by atoms with E-state index in [2.05, 4.69) is 9.97 Å². The van der Waals surface area contributed by atoms with Crippen molar-refractivity contribution in [3.8, 4) is 0 Å². The number of rotatable bonds is 2. The topological polar surface area (TPSA) is 25.8 Å². The van der Waals surface area contributed by atoms with E-state index in [-0.39, 0.29) is 11.6 Å². The van der Waals surface area contributed by atoms with E-state index in [0.717, 1.165) is 13.3 Å². The third-order valence-electron chi connectivity index (χ3n) is 1.78. The Morgan fingerprint density at radius 1 is 1.38 bits per heavy atom. The molecule has 72 valence electrons. The molecule has 13 heavy (non-hydrogen) atoms. The molecule has 0 saturated carbocycles. The monoisotopic (exact) mass is 186 g/mol. The standard InChI is InChI=1S/C9H12F2N2/c1-6(2)7-4-12-5-13-8(7)9(3,10)11/h4-6H,1-3H3. The smallest absolute Gasteiger partial charge is 0.245 e. The molecule has 0 amide bonds. The largest absolute Gasteiger partial charge is 0.287 e. The van der Waals surface area contributed by atoms with Crippen LogP contribution in [-0.4, -0.2) is 9.97 Å². The molecule has 0 aliphatic carbocycles. The van der Waals surface area contributed by atoms with Crippen LogP contribution < -0.4 is 0 Å². The highest BCUT2D eigenvalue weighted by Gasteiger charge is 2.30. The Balaban J connectivity index is 3.20. The van der Waals surface area contributed by atoms with Crippen molar-refractivity contribution in [3.63, 3.8) is 0 Å². The van der Waals surface area contributed by atoms with Crippen molar-refractivity contribution in [1.29, 1.82) is 0 Å². The summed E-state index contributed by atoms with van der Waals surface area (Å²) in [6, 6.07) is 0. The van der Waals surface area contributed by atoms with Crippen molar-refractivity contribution < 1.29 is 8.78 Å². The molecule has 0 unspecified atom stereocenters. The van der Waals surface area contributed by atoms with Crippen LogP contribution in [0.4, 0.5) is 8.78 Å². The van der Waals surface area contributed by atoms with Gasteiger partial charge in [0, 0.05) is 18.7 Å². The Kier molecular flexibility index (Phi) is 2.59. The van der Waals surface area contributed by atoms with E-state index in [1.54, 1.807) is 0 Å². The van der Waals surface area contributed by atoms with Gasteiger partial charge in [0.1, 0.15) is 12.0 Å². The van der Waals surface area contributed by atoms with E-state index >= 15 is 0 Å². The van der Waals surface area contributed by atoms with Gasteiger partial charge in [-0.15, -0.1) is 0 Å². The number of halogens is 2. The van der Waals surface area contributed by atoms with E-state index in [1.807, 2.05) is 13.8 Å². The molecule has 2 nitrogen and oxygen atoms in total. The van der Waals surface area contributed by atoms with Crippen molar-refractivity contribution in [3.05, 3.63) is 23.8 Å². The summed E-state index contributed by atoms with van der Waals surface area (Å²) in [4.78, 5) is 7.35. The highest BCUT2D eigenvalue weighted by Crippen LogP contribution is 2.30. The van der Waals surface area contributed by atoms with Gasteiger partial charge in [0.15, 0.2) is 0 Å². The maximum Gasteiger partial charge on any atom is 0.287 e. The first-order valence-electron chi connectivity index (χ1n) is 4.11. The minimum Gasteiger partial charge on any atom is -0.245 e. The van der Waals surface area contributed by atoms with Gasteiger partial charge in [-0.1, -0.05) is 13.8 Å². The molecule has 0 aliphatic heterocycles. The van der Waals surface area contributed by atoms with E-state index in [4.69, 9.17) is 0 Å². The molecule has 0 radical (unpaired) electrons. The molecule has 1 rings (SSSR count). The van der Waals surface area contributed by atoms with Crippen LogP contribution in [0.5, 0.6) is 0 Å². The van der Waals surface area contributed by atoms with Gasteiger partial charge in [-0.2, -0.15) is 8.78 Å². The molecule has 0 aromatic carbocycles. The highest BCUT2D eigenvalue weighted by molar-refractivity contribution is 5.23. The lowest BCUT2D eigenvalue weighted by molar-refractivity contribution is 0.0113. The number of hydrogen-bond acceptors (Lipinski definition) is 2. The van der Waals surface area contributed by atoms with E-state index < -0.39 is 5.92 Å². The van der Waals surface area contributed by atoms with Crippen molar-refractivity contribution in [1.82, 2.24) is 9.97 Å². The summed E-state index contributed by atoms with van der Waals surface area (Å²) < 4.78 is 26.0. The van der Waals surface area contributed by atoms with Crippen LogP contribution >= 0.6 is 0 Å². The van der Waals surface area contributed by atoms with Crippen molar-refractivity contribution in [2.24, 2.45) is 0 Å². The fraction of sp³-hybridized carbons (Fsp3) is 0.556. The Labute approximate surface area is 76.0 Å². The summed E-state index contributed by atoms with van der Waals surface area (Å²) >= 11 is 0. The van der Waals surface area contributed by atoms with Crippen molar-refractivity contribution in [2.45, 2.75) is 32.6 Å². The molecule has 0 aliphatic rings. The first kappa shape index (κ1) is 10.0. The van der Waals surface area contributed by atoms with E-state index in [0.29, 0.717) is 5.56 Å². The van der Waals surface area contributed by atoms with Crippen molar-refractivity contribution >= 4 is 0 Å². The SMILES string of the molecule is CC(C)c1cncnc1C(C)(F)F.